The molecule has 152 valence electrons. The van der Waals surface area contributed by atoms with Crippen molar-refractivity contribution in [2.24, 2.45) is 0 Å². The summed E-state index contributed by atoms with van der Waals surface area (Å²) in [5.41, 5.74) is 3.46. The van der Waals surface area contributed by atoms with Gasteiger partial charge in [0.25, 0.3) is 11.7 Å². The maximum atomic E-state index is 12.9. The lowest BCUT2D eigenvalue weighted by molar-refractivity contribution is -0.139. The van der Waals surface area contributed by atoms with E-state index in [1.807, 2.05) is 38.1 Å². The molecule has 1 heterocycles. The van der Waals surface area contributed by atoms with Gasteiger partial charge in [0.05, 0.1) is 18.7 Å². The lowest BCUT2D eigenvalue weighted by atomic mass is 9.94. The molecule has 1 aliphatic heterocycles. The average molecular weight is 393 g/mol. The number of nitrogens with zero attached hydrogens (tertiary/aromatic N) is 1. The molecule has 0 saturated carbocycles. The van der Waals surface area contributed by atoms with Crippen LogP contribution in [0.4, 0.5) is 0 Å². The summed E-state index contributed by atoms with van der Waals surface area (Å²) in [5, 5.41) is 11.1. The summed E-state index contributed by atoms with van der Waals surface area (Å²) in [6.07, 6.45) is 1.62. The normalized spacial score (nSPS) is 18.3. The minimum atomic E-state index is -0.644. The lowest BCUT2D eigenvalue weighted by Gasteiger charge is -2.25. The van der Waals surface area contributed by atoms with Crippen molar-refractivity contribution in [3.05, 3.63) is 70.3 Å². The molecule has 1 amide bonds. The third kappa shape index (κ3) is 3.77. The summed E-state index contributed by atoms with van der Waals surface area (Å²) >= 11 is 0. The zero-order valence-corrected chi connectivity index (χ0v) is 17.4. The van der Waals surface area contributed by atoms with Crippen LogP contribution in [0.25, 0.3) is 5.76 Å². The van der Waals surface area contributed by atoms with E-state index in [0.717, 1.165) is 24.0 Å². The van der Waals surface area contributed by atoms with Crippen molar-refractivity contribution in [3.8, 4) is 5.75 Å². The number of hydrogen-bond donors (Lipinski definition) is 1. The summed E-state index contributed by atoms with van der Waals surface area (Å²) in [5.74, 6) is -0.672. The van der Waals surface area contributed by atoms with Gasteiger partial charge in [-0.25, -0.2) is 0 Å². The Hall–Kier alpha value is -3.08. The number of aliphatic hydroxyl groups is 1. The number of carbonyl (C=O) groups is 2. The molecule has 3 rings (SSSR count). The molecule has 0 spiro atoms. The molecule has 0 bridgehead atoms. The highest BCUT2D eigenvalue weighted by Crippen LogP contribution is 2.40. The number of likely N-dealkylation sites (tertiary alicyclic amines) is 1. The molecular formula is C24H27NO4. The molecule has 1 N–H and O–H groups in total. The summed E-state index contributed by atoms with van der Waals surface area (Å²) in [6.45, 7) is 6.35. The van der Waals surface area contributed by atoms with Gasteiger partial charge >= 0.3 is 0 Å². The Morgan fingerprint density at radius 2 is 1.79 bits per heavy atom. The van der Waals surface area contributed by atoms with Crippen molar-refractivity contribution in [1.82, 2.24) is 4.90 Å². The predicted octanol–water partition coefficient (Wildman–Crippen LogP) is 4.40. The molecule has 0 radical (unpaired) electrons. The van der Waals surface area contributed by atoms with Gasteiger partial charge in [0.1, 0.15) is 11.5 Å². The first-order valence-electron chi connectivity index (χ1n) is 9.95. The van der Waals surface area contributed by atoms with Crippen LogP contribution in [0.3, 0.4) is 0 Å². The van der Waals surface area contributed by atoms with Crippen LogP contribution in [-0.2, 0) is 16.0 Å². The fourth-order valence-electron chi connectivity index (χ4n) is 3.81. The maximum Gasteiger partial charge on any atom is 0.295 e. The van der Waals surface area contributed by atoms with Gasteiger partial charge in [-0.2, -0.15) is 0 Å². The van der Waals surface area contributed by atoms with E-state index in [2.05, 4.69) is 6.92 Å². The standard InChI is InChI=1S/C24H27NO4/c1-5-13-25-21(17-9-7-16(6-2)8-10-17)20(23(27)24(25)28)22(26)18-11-12-19(29-4)15(3)14-18/h7-12,14,21,26H,5-6,13H2,1-4H3/b22-20-. The Bertz CT molecular complexity index is 959. The predicted molar refractivity (Wildman–Crippen MR) is 113 cm³/mol. The van der Waals surface area contributed by atoms with Crippen molar-refractivity contribution in [3.63, 3.8) is 0 Å². The summed E-state index contributed by atoms with van der Waals surface area (Å²) in [7, 11) is 1.58. The van der Waals surface area contributed by atoms with E-state index in [1.165, 1.54) is 5.56 Å². The van der Waals surface area contributed by atoms with E-state index >= 15 is 0 Å². The second-order valence-electron chi connectivity index (χ2n) is 7.27. The first-order chi connectivity index (χ1) is 13.9. The smallest absolute Gasteiger partial charge is 0.295 e. The third-order valence-electron chi connectivity index (χ3n) is 5.38. The lowest BCUT2D eigenvalue weighted by Crippen LogP contribution is -2.30. The zero-order valence-electron chi connectivity index (χ0n) is 17.4. The van der Waals surface area contributed by atoms with Gasteiger partial charge in [-0.05, 0) is 54.7 Å². The number of hydrogen-bond acceptors (Lipinski definition) is 4. The van der Waals surface area contributed by atoms with Gasteiger partial charge in [-0.15, -0.1) is 0 Å². The largest absolute Gasteiger partial charge is 0.507 e. The van der Waals surface area contributed by atoms with Gasteiger partial charge in [0.2, 0.25) is 0 Å². The quantitative estimate of drug-likeness (QED) is 0.449. The average Bonchev–Trinajstić information content (AvgIpc) is 2.98. The number of ether oxygens (including phenoxy) is 1. The molecule has 2 aromatic rings. The van der Waals surface area contributed by atoms with Crippen LogP contribution >= 0.6 is 0 Å². The summed E-state index contributed by atoms with van der Waals surface area (Å²) in [6, 6.07) is 12.5. The Labute approximate surface area is 171 Å². The minimum absolute atomic E-state index is 0.136. The van der Waals surface area contributed by atoms with Crippen LogP contribution in [-0.4, -0.2) is 35.4 Å². The van der Waals surface area contributed by atoms with Crippen LogP contribution in [0.15, 0.2) is 48.0 Å². The van der Waals surface area contributed by atoms with E-state index in [1.54, 1.807) is 30.2 Å². The second kappa shape index (κ2) is 8.52. The number of benzene rings is 2. The highest BCUT2D eigenvalue weighted by molar-refractivity contribution is 6.46. The SMILES string of the molecule is CCCN1C(=O)C(=O)/C(=C(\O)c2ccc(OC)c(C)c2)C1c1ccc(CC)cc1. The number of Topliss-reactive ketones (excluding diaryl/α,β-unsaturated/α-hetero) is 1. The molecule has 5 nitrogen and oxygen atoms in total. The van der Waals surface area contributed by atoms with Crippen LogP contribution in [0, 0.1) is 6.92 Å². The monoisotopic (exact) mass is 393 g/mol. The Morgan fingerprint density at radius 3 is 2.34 bits per heavy atom. The summed E-state index contributed by atoms with van der Waals surface area (Å²) < 4.78 is 5.28. The fourth-order valence-corrected chi connectivity index (χ4v) is 3.81. The Morgan fingerprint density at radius 1 is 1.10 bits per heavy atom. The minimum Gasteiger partial charge on any atom is -0.507 e. The molecule has 5 heteroatoms. The van der Waals surface area contributed by atoms with Gasteiger partial charge < -0.3 is 14.7 Å². The molecule has 29 heavy (non-hydrogen) atoms. The Kier molecular flexibility index (Phi) is 6.06. The highest BCUT2D eigenvalue weighted by atomic mass is 16.5. The Balaban J connectivity index is 2.16. The number of ketones is 1. The van der Waals surface area contributed by atoms with Crippen LogP contribution < -0.4 is 4.74 Å². The molecular weight excluding hydrogens is 366 g/mol. The number of rotatable bonds is 6. The summed E-state index contributed by atoms with van der Waals surface area (Å²) in [4.78, 5) is 27.2. The van der Waals surface area contributed by atoms with E-state index in [9.17, 15) is 14.7 Å². The second-order valence-corrected chi connectivity index (χ2v) is 7.27. The molecule has 0 aromatic heterocycles. The van der Waals surface area contributed by atoms with Crippen molar-refractivity contribution < 1.29 is 19.4 Å². The third-order valence-corrected chi connectivity index (χ3v) is 5.38. The fraction of sp³-hybridized carbons (Fsp3) is 0.333. The van der Waals surface area contributed by atoms with Crippen molar-refractivity contribution >= 4 is 17.4 Å². The number of aryl methyl sites for hydroxylation is 2. The molecule has 1 fully saturated rings. The molecule has 1 atom stereocenters. The van der Waals surface area contributed by atoms with E-state index < -0.39 is 17.7 Å². The molecule has 1 unspecified atom stereocenters. The first kappa shape index (κ1) is 20.6. The van der Waals surface area contributed by atoms with E-state index in [4.69, 9.17) is 4.74 Å². The van der Waals surface area contributed by atoms with Crippen molar-refractivity contribution in [2.45, 2.75) is 39.7 Å². The van der Waals surface area contributed by atoms with Gasteiger partial charge in [0.15, 0.2) is 0 Å². The maximum absolute atomic E-state index is 12.9. The molecule has 1 saturated heterocycles. The zero-order chi connectivity index (χ0) is 21.1. The van der Waals surface area contributed by atoms with Crippen molar-refractivity contribution in [2.75, 3.05) is 13.7 Å². The number of amides is 1. The number of carbonyl (C=O) groups excluding carboxylic acids is 2. The van der Waals surface area contributed by atoms with Gasteiger partial charge in [-0.3, -0.25) is 9.59 Å². The van der Waals surface area contributed by atoms with E-state index in [0.29, 0.717) is 17.9 Å². The molecule has 2 aromatic carbocycles. The number of methoxy groups -OCH3 is 1. The topological polar surface area (TPSA) is 66.8 Å². The first-order valence-corrected chi connectivity index (χ1v) is 9.95. The number of aliphatic hydroxyl groups excluding tert-OH is 1. The van der Waals surface area contributed by atoms with Gasteiger partial charge in [-0.1, -0.05) is 38.1 Å². The molecule has 1 aliphatic rings. The van der Waals surface area contributed by atoms with E-state index in [-0.39, 0.29) is 11.3 Å². The van der Waals surface area contributed by atoms with Crippen LogP contribution in [0.5, 0.6) is 5.75 Å². The van der Waals surface area contributed by atoms with Gasteiger partial charge in [0, 0.05) is 12.1 Å². The van der Waals surface area contributed by atoms with Crippen LogP contribution in [0.2, 0.25) is 0 Å². The highest BCUT2D eigenvalue weighted by Gasteiger charge is 2.45. The van der Waals surface area contributed by atoms with Crippen LogP contribution in [0.1, 0.15) is 48.6 Å². The van der Waals surface area contributed by atoms with Crippen molar-refractivity contribution in [1.29, 1.82) is 0 Å². The molecule has 0 aliphatic carbocycles.